The minimum atomic E-state index is 0.0394. The standard InChI is InChI=1S/C24H22ClN5O.C4H9NO/c1-15(26)30-22-11-10-20(31-14-16-2-8-19(27)9-3-16)12-21(22)24(29-13-23(30)28)17-4-6-18(25)7-5-17;1-3-5-4(2)6/h2-12,26,28H,13-14,27H2,1H3;3H2,1-2H3,(H,5,6). The van der Waals surface area contributed by atoms with Crippen LogP contribution < -0.4 is 20.7 Å². The van der Waals surface area contributed by atoms with Crippen molar-refractivity contribution in [2.75, 3.05) is 23.7 Å². The Hall–Kier alpha value is -4.17. The monoisotopic (exact) mass is 518 g/mol. The average Bonchev–Trinajstić information content (AvgIpc) is 3.00. The number of carbonyl (C=O) groups excluding carboxylic acids is 1. The highest BCUT2D eigenvalue weighted by Gasteiger charge is 2.25. The van der Waals surface area contributed by atoms with Crippen LogP contribution in [-0.4, -0.2) is 36.4 Å². The molecular weight excluding hydrogens is 488 g/mol. The topological polar surface area (TPSA) is 128 Å². The molecule has 0 aromatic heterocycles. The Bertz CT molecular complexity index is 1300. The number of carbonyl (C=O) groups is 1. The van der Waals surface area contributed by atoms with E-state index in [4.69, 9.17) is 32.9 Å². The first kappa shape index (κ1) is 27.4. The van der Waals surface area contributed by atoms with Gasteiger partial charge in [-0.05, 0) is 61.9 Å². The van der Waals surface area contributed by atoms with Gasteiger partial charge in [0.05, 0.1) is 17.9 Å². The van der Waals surface area contributed by atoms with Crippen molar-refractivity contribution in [3.05, 3.63) is 88.4 Å². The van der Waals surface area contributed by atoms with Crippen LogP contribution in [0.4, 0.5) is 11.4 Å². The van der Waals surface area contributed by atoms with Gasteiger partial charge in [0.15, 0.2) is 0 Å². The van der Waals surface area contributed by atoms with E-state index >= 15 is 0 Å². The molecule has 0 bridgehead atoms. The van der Waals surface area contributed by atoms with E-state index < -0.39 is 0 Å². The zero-order valence-corrected chi connectivity index (χ0v) is 21.9. The molecule has 1 heterocycles. The highest BCUT2D eigenvalue weighted by molar-refractivity contribution is 6.31. The molecule has 1 aliphatic heterocycles. The third-order valence-electron chi connectivity index (χ3n) is 5.38. The molecule has 8 nitrogen and oxygen atoms in total. The minimum Gasteiger partial charge on any atom is -0.489 e. The van der Waals surface area contributed by atoms with Gasteiger partial charge < -0.3 is 15.8 Å². The number of benzene rings is 3. The molecule has 9 heteroatoms. The molecule has 3 aromatic rings. The molecule has 4 rings (SSSR count). The molecule has 0 atom stereocenters. The van der Waals surface area contributed by atoms with Crippen LogP contribution in [0.2, 0.25) is 5.02 Å². The summed E-state index contributed by atoms with van der Waals surface area (Å²) in [7, 11) is 0. The van der Waals surface area contributed by atoms with Crippen LogP contribution in [0.1, 0.15) is 37.5 Å². The lowest BCUT2D eigenvalue weighted by atomic mass is 9.99. The number of nitrogens with zero attached hydrogens (tertiary/aromatic N) is 2. The predicted molar refractivity (Wildman–Crippen MR) is 152 cm³/mol. The fraction of sp³-hybridized carbons (Fsp3) is 0.214. The maximum atomic E-state index is 9.93. The molecule has 0 radical (unpaired) electrons. The fourth-order valence-corrected chi connectivity index (χ4v) is 3.84. The number of amidine groups is 2. The summed E-state index contributed by atoms with van der Waals surface area (Å²) < 4.78 is 6.02. The molecule has 3 aromatic carbocycles. The Morgan fingerprint density at radius 1 is 1.11 bits per heavy atom. The molecule has 1 amide bonds. The van der Waals surface area contributed by atoms with Gasteiger partial charge in [0, 0.05) is 35.3 Å². The smallest absolute Gasteiger partial charge is 0.216 e. The number of hydrogen-bond donors (Lipinski definition) is 4. The number of anilines is 2. The lowest BCUT2D eigenvalue weighted by Gasteiger charge is -2.24. The quantitative estimate of drug-likeness (QED) is 0.208. The summed E-state index contributed by atoms with van der Waals surface area (Å²) in [6.45, 7) is 6.36. The second kappa shape index (κ2) is 12.7. The van der Waals surface area contributed by atoms with Crippen molar-refractivity contribution in [3.63, 3.8) is 0 Å². The number of aliphatic imine (C=N–C) groups is 1. The second-order valence-electron chi connectivity index (χ2n) is 8.33. The zero-order valence-electron chi connectivity index (χ0n) is 21.1. The number of nitrogens with one attached hydrogen (secondary N) is 3. The van der Waals surface area contributed by atoms with Gasteiger partial charge in [-0.1, -0.05) is 35.9 Å². The number of ether oxygens (including phenoxy) is 1. The Labute approximate surface area is 222 Å². The Kier molecular flexibility index (Phi) is 9.40. The van der Waals surface area contributed by atoms with Crippen LogP contribution in [0.15, 0.2) is 71.7 Å². The van der Waals surface area contributed by atoms with Crippen molar-refractivity contribution in [1.82, 2.24) is 5.32 Å². The van der Waals surface area contributed by atoms with E-state index in [0.29, 0.717) is 23.1 Å². The Morgan fingerprint density at radius 3 is 2.35 bits per heavy atom. The molecule has 5 N–H and O–H groups in total. The summed E-state index contributed by atoms with van der Waals surface area (Å²) in [5, 5.41) is 19.8. The summed E-state index contributed by atoms with van der Waals surface area (Å²) in [6.07, 6.45) is 0. The van der Waals surface area contributed by atoms with E-state index in [2.05, 4.69) is 10.3 Å². The van der Waals surface area contributed by atoms with E-state index in [1.807, 2.05) is 73.7 Å². The number of halogens is 1. The van der Waals surface area contributed by atoms with Crippen LogP contribution in [0.3, 0.4) is 0 Å². The maximum absolute atomic E-state index is 9.93. The number of hydrogen-bond acceptors (Lipinski definition) is 6. The van der Waals surface area contributed by atoms with E-state index in [1.165, 1.54) is 6.92 Å². The van der Waals surface area contributed by atoms with Crippen molar-refractivity contribution < 1.29 is 9.53 Å². The van der Waals surface area contributed by atoms with E-state index in [9.17, 15) is 4.79 Å². The lowest BCUT2D eigenvalue weighted by molar-refractivity contribution is -0.118. The number of nitrogen functional groups attached to an aromatic ring is 1. The van der Waals surface area contributed by atoms with Gasteiger partial charge in [-0.3, -0.25) is 25.5 Å². The summed E-state index contributed by atoms with van der Waals surface area (Å²) in [5.41, 5.74) is 10.6. The molecule has 0 fully saturated rings. The molecule has 0 aliphatic carbocycles. The van der Waals surface area contributed by atoms with Gasteiger partial charge in [0.2, 0.25) is 5.91 Å². The zero-order chi connectivity index (χ0) is 26.9. The normalized spacial score (nSPS) is 12.4. The van der Waals surface area contributed by atoms with Gasteiger partial charge in [0.1, 0.15) is 24.0 Å². The summed E-state index contributed by atoms with van der Waals surface area (Å²) in [4.78, 5) is 16.2. The second-order valence-corrected chi connectivity index (χ2v) is 8.77. The van der Waals surface area contributed by atoms with Crippen molar-refractivity contribution in [1.29, 1.82) is 10.8 Å². The lowest BCUT2D eigenvalue weighted by Crippen LogP contribution is -2.35. The molecule has 0 saturated carbocycles. The van der Waals surface area contributed by atoms with Gasteiger partial charge in [-0.2, -0.15) is 0 Å². The first-order chi connectivity index (χ1) is 17.7. The number of fused-ring (bicyclic) bond motifs is 1. The van der Waals surface area contributed by atoms with Crippen molar-refractivity contribution in [3.8, 4) is 5.75 Å². The van der Waals surface area contributed by atoms with Gasteiger partial charge >= 0.3 is 0 Å². The Balaban J connectivity index is 0.000000568. The average molecular weight is 519 g/mol. The number of rotatable bonds is 5. The minimum absolute atomic E-state index is 0.0394. The highest BCUT2D eigenvalue weighted by Crippen LogP contribution is 2.31. The number of benzodiazepines with no additional fused rings is 1. The molecule has 192 valence electrons. The van der Waals surface area contributed by atoms with Crippen LogP contribution in [0.5, 0.6) is 5.75 Å². The van der Waals surface area contributed by atoms with Gasteiger partial charge in [-0.15, -0.1) is 0 Å². The SMILES string of the molecule is CC(=N)N1C(=N)CN=C(c2ccc(Cl)cc2)c2cc(OCc3ccc(N)cc3)ccc21.CCNC(C)=O. The molecular formula is C28H31ClN6O2. The van der Waals surface area contributed by atoms with E-state index in [-0.39, 0.29) is 24.1 Å². The fourth-order valence-electron chi connectivity index (χ4n) is 3.71. The summed E-state index contributed by atoms with van der Waals surface area (Å²) in [6, 6.07) is 20.6. The van der Waals surface area contributed by atoms with E-state index in [0.717, 1.165) is 34.6 Å². The molecule has 0 saturated heterocycles. The number of nitrogens with two attached hydrogens (primary N) is 1. The molecule has 0 spiro atoms. The first-order valence-electron chi connectivity index (χ1n) is 11.8. The van der Waals surface area contributed by atoms with E-state index in [1.54, 1.807) is 11.8 Å². The van der Waals surface area contributed by atoms with Crippen molar-refractivity contribution >= 4 is 46.3 Å². The summed E-state index contributed by atoms with van der Waals surface area (Å²) in [5.74, 6) is 1.22. The molecule has 0 unspecified atom stereocenters. The highest BCUT2D eigenvalue weighted by atomic mass is 35.5. The van der Waals surface area contributed by atoms with Gasteiger partial charge in [-0.25, -0.2) is 0 Å². The third-order valence-corrected chi connectivity index (χ3v) is 5.64. The van der Waals surface area contributed by atoms with Gasteiger partial charge in [0.25, 0.3) is 0 Å². The van der Waals surface area contributed by atoms with Crippen LogP contribution in [0.25, 0.3) is 0 Å². The number of amides is 1. The maximum Gasteiger partial charge on any atom is 0.216 e. The van der Waals surface area contributed by atoms with Crippen LogP contribution >= 0.6 is 11.6 Å². The van der Waals surface area contributed by atoms with Crippen LogP contribution in [-0.2, 0) is 11.4 Å². The molecule has 37 heavy (non-hydrogen) atoms. The predicted octanol–water partition coefficient (Wildman–Crippen LogP) is 5.28. The Morgan fingerprint density at radius 2 is 1.78 bits per heavy atom. The van der Waals surface area contributed by atoms with Crippen molar-refractivity contribution in [2.45, 2.75) is 27.4 Å². The van der Waals surface area contributed by atoms with Crippen molar-refractivity contribution in [2.24, 2.45) is 4.99 Å². The molecule has 1 aliphatic rings. The summed E-state index contributed by atoms with van der Waals surface area (Å²) >= 11 is 6.07. The first-order valence-corrected chi connectivity index (χ1v) is 12.2. The third kappa shape index (κ3) is 7.41. The van der Waals surface area contributed by atoms with Crippen LogP contribution in [0, 0.1) is 10.8 Å². The largest absolute Gasteiger partial charge is 0.489 e.